The van der Waals surface area contributed by atoms with Gasteiger partial charge in [0.1, 0.15) is 23.5 Å². The summed E-state index contributed by atoms with van der Waals surface area (Å²) in [7, 11) is 3.70. The molecule has 0 fully saturated rings. The number of nitriles is 2. The number of Topliss-reactive ketones (excluding diaryl/α,β-unsaturated/α-hetero) is 1. The fourth-order valence-corrected chi connectivity index (χ4v) is 2.92. The fourth-order valence-electron chi connectivity index (χ4n) is 2.92. The molecule has 28 heavy (non-hydrogen) atoms. The number of H-pyrrole nitrogens is 2. The van der Waals surface area contributed by atoms with E-state index in [-0.39, 0.29) is 11.6 Å². The van der Waals surface area contributed by atoms with Crippen molar-refractivity contribution in [1.29, 1.82) is 10.5 Å². The van der Waals surface area contributed by atoms with Gasteiger partial charge >= 0.3 is 0 Å². The summed E-state index contributed by atoms with van der Waals surface area (Å²) in [5, 5.41) is 17.5. The fraction of sp³-hybridized carbons (Fsp3) is 0.333. The second-order valence-electron chi connectivity index (χ2n) is 6.67. The van der Waals surface area contributed by atoms with Crippen molar-refractivity contribution in [3.05, 3.63) is 57.3 Å². The first kappa shape index (κ1) is 22.5. The number of hydrogen-bond acceptors (Lipinski definition) is 5. The molecule has 2 rings (SSSR count). The minimum atomic E-state index is -0.0820. The van der Waals surface area contributed by atoms with Crippen LogP contribution in [0.3, 0.4) is 0 Å². The minimum absolute atomic E-state index is 0.00255. The molecular formula is C21H25N5O2. The van der Waals surface area contributed by atoms with Gasteiger partial charge < -0.3 is 14.9 Å². The maximum atomic E-state index is 11.9. The molecule has 0 aliphatic heterocycles. The molecule has 146 valence electrons. The Morgan fingerprint density at radius 2 is 1.32 bits per heavy atom. The van der Waals surface area contributed by atoms with Crippen molar-refractivity contribution in [1.82, 2.24) is 14.9 Å². The van der Waals surface area contributed by atoms with E-state index in [2.05, 4.69) is 9.97 Å². The minimum Gasteiger partial charge on any atom is -0.383 e. The van der Waals surface area contributed by atoms with Crippen LogP contribution in [0.4, 0.5) is 0 Å². The average molecular weight is 379 g/mol. The summed E-state index contributed by atoms with van der Waals surface area (Å²) in [6.07, 6.45) is 3.20. The molecule has 2 aromatic heterocycles. The van der Waals surface area contributed by atoms with E-state index in [9.17, 15) is 9.59 Å². The number of aryl methyl sites for hydroxylation is 2. The molecule has 0 bridgehead atoms. The van der Waals surface area contributed by atoms with E-state index < -0.39 is 0 Å². The topological polar surface area (TPSA) is 117 Å². The smallest absolute Gasteiger partial charge is 0.189 e. The van der Waals surface area contributed by atoms with Crippen molar-refractivity contribution in [2.75, 3.05) is 14.1 Å². The predicted octanol–water partition coefficient (Wildman–Crippen LogP) is 3.47. The summed E-state index contributed by atoms with van der Waals surface area (Å²) in [6, 6.07) is 4.04. The number of allylic oxidation sites excluding steroid dienone is 1. The Morgan fingerprint density at radius 3 is 1.64 bits per heavy atom. The lowest BCUT2D eigenvalue weighted by Crippen LogP contribution is -2.04. The standard InChI is InChI=1S/C12H15N3O.C9H10N2O/c1-8-10(7-13)14-9(2)12(8)11(16)5-6-15(3)4;1-5-8(4-10)11-6(2)9(5)7(3)12/h5-6,14H,1-4H3;11H,1-3H3. The predicted molar refractivity (Wildman–Crippen MR) is 107 cm³/mol. The maximum absolute atomic E-state index is 11.9. The summed E-state index contributed by atoms with van der Waals surface area (Å²) in [5.74, 6) is -0.0794. The van der Waals surface area contributed by atoms with Crippen molar-refractivity contribution >= 4 is 11.6 Å². The zero-order chi connectivity index (χ0) is 21.6. The first-order chi connectivity index (χ1) is 13.0. The molecule has 0 atom stereocenters. The van der Waals surface area contributed by atoms with Gasteiger partial charge in [0.05, 0.1) is 0 Å². The van der Waals surface area contributed by atoms with Gasteiger partial charge in [-0.2, -0.15) is 10.5 Å². The van der Waals surface area contributed by atoms with Crippen LogP contribution in [-0.2, 0) is 0 Å². The van der Waals surface area contributed by atoms with E-state index in [1.165, 1.54) is 13.0 Å². The Morgan fingerprint density at radius 1 is 0.893 bits per heavy atom. The molecule has 0 amide bonds. The lowest BCUT2D eigenvalue weighted by Gasteiger charge is -2.03. The lowest BCUT2D eigenvalue weighted by atomic mass is 10.1. The highest BCUT2D eigenvalue weighted by Crippen LogP contribution is 2.18. The second-order valence-corrected chi connectivity index (χ2v) is 6.67. The summed E-state index contributed by atoms with van der Waals surface area (Å²) in [4.78, 5) is 30.5. The van der Waals surface area contributed by atoms with Crippen molar-refractivity contribution < 1.29 is 9.59 Å². The SMILES string of the molecule is CC(=O)c1c(C)[nH]c(C#N)c1C.Cc1[nH]c(C#N)c(C)c1C(=O)C=CN(C)C. The lowest BCUT2D eigenvalue weighted by molar-refractivity contribution is 0.101. The van der Waals surface area contributed by atoms with Gasteiger partial charge in [-0.1, -0.05) is 0 Å². The van der Waals surface area contributed by atoms with Crippen molar-refractivity contribution in [2.45, 2.75) is 34.6 Å². The largest absolute Gasteiger partial charge is 0.383 e. The molecule has 0 radical (unpaired) electrons. The third-order valence-electron chi connectivity index (χ3n) is 4.22. The Kier molecular flexibility index (Phi) is 7.53. The van der Waals surface area contributed by atoms with Crippen LogP contribution < -0.4 is 0 Å². The van der Waals surface area contributed by atoms with Crippen molar-refractivity contribution in [3.63, 3.8) is 0 Å². The number of rotatable bonds is 4. The zero-order valence-electron chi connectivity index (χ0n) is 17.3. The summed E-state index contributed by atoms with van der Waals surface area (Å²) >= 11 is 0. The molecule has 0 unspecified atom stereocenters. The summed E-state index contributed by atoms with van der Waals surface area (Å²) in [6.45, 7) is 8.65. The maximum Gasteiger partial charge on any atom is 0.189 e. The number of nitrogens with one attached hydrogen (secondary N) is 2. The molecule has 2 N–H and O–H groups in total. The van der Waals surface area contributed by atoms with Gasteiger partial charge in [-0.15, -0.1) is 0 Å². The van der Waals surface area contributed by atoms with Gasteiger partial charge in [-0.05, 0) is 45.7 Å². The highest BCUT2D eigenvalue weighted by molar-refractivity contribution is 6.06. The zero-order valence-corrected chi connectivity index (χ0v) is 17.3. The number of hydrogen-bond donors (Lipinski definition) is 2. The van der Waals surface area contributed by atoms with Crippen molar-refractivity contribution in [3.8, 4) is 12.1 Å². The van der Waals surface area contributed by atoms with E-state index in [4.69, 9.17) is 10.5 Å². The quantitative estimate of drug-likeness (QED) is 0.623. The van der Waals surface area contributed by atoms with Crippen LogP contribution in [0.1, 0.15) is 61.5 Å². The normalized spacial score (nSPS) is 10.0. The van der Waals surface area contributed by atoms with Gasteiger partial charge in [0, 0.05) is 48.9 Å². The van der Waals surface area contributed by atoms with Gasteiger partial charge in [0.25, 0.3) is 0 Å². The summed E-state index contributed by atoms with van der Waals surface area (Å²) < 4.78 is 0. The summed E-state index contributed by atoms with van der Waals surface area (Å²) in [5.41, 5.74) is 5.16. The van der Waals surface area contributed by atoms with Crippen LogP contribution in [0, 0.1) is 50.4 Å². The van der Waals surface area contributed by atoms with Crippen LogP contribution in [-0.4, -0.2) is 40.5 Å². The highest BCUT2D eigenvalue weighted by atomic mass is 16.1. The number of nitrogens with zero attached hydrogens (tertiary/aromatic N) is 3. The number of aromatic amines is 2. The third-order valence-corrected chi connectivity index (χ3v) is 4.22. The van der Waals surface area contributed by atoms with Crippen LogP contribution >= 0.6 is 0 Å². The molecule has 0 spiro atoms. The molecule has 0 aliphatic carbocycles. The second kappa shape index (κ2) is 9.38. The van der Waals surface area contributed by atoms with E-state index in [0.29, 0.717) is 28.1 Å². The Hall–Kier alpha value is -3.58. The molecule has 2 heterocycles. The molecule has 0 aromatic carbocycles. The highest BCUT2D eigenvalue weighted by Gasteiger charge is 2.16. The van der Waals surface area contributed by atoms with Crippen LogP contribution in [0.15, 0.2) is 12.3 Å². The Labute approximate surface area is 165 Å². The number of carbonyl (C=O) groups is 2. The Bertz CT molecular complexity index is 1010. The third kappa shape index (κ3) is 4.99. The molecule has 2 aromatic rings. The first-order valence-electron chi connectivity index (χ1n) is 8.63. The first-order valence-corrected chi connectivity index (χ1v) is 8.63. The van der Waals surface area contributed by atoms with Gasteiger partial charge in [-0.25, -0.2) is 0 Å². The average Bonchev–Trinajstić information content (AvgIpc) is 3.07. The van der Waals surface area contributed by atoms with Crippen LogP contribution in [0.2, 0.25) is 0 Å². The molecule has 7 heteroatoms. The van der Waals surface area contributed by atoms with Gasteiger partial charge in [0.15, 0.2) is 11.6 Å². The van der Waals surface area contributed by atoms with Crippen molar-refractivity contribution in [2.24, 2.45) is 0 Å². The van der Waals surface area contributed by atoms with E-state index in [0.717, 1.165) is 17.0 Å². The number of carbonyl (C=O) groups excluding carboxylic acids is 2. The van der Waals surface area contributed by atoms with E-state index in [1.807, 2.05) is 26.2 Å². The van der Waals surface area contributed by atoms with E-state index in [1.54, 1.807) is 38.8 Å². The molecular weight excluding hydrogens is 354 g/mol. The van der Waals surface area contributed by atoms with Gasteiger partial charge in [0.2, 0.25) is 0 Å². The molecule has 0 aliphatic rings. The number of aromatic nitrogens is 2. The Balaban J connectivity index is 0.000000292. The number of ketones is 2. The van der Waals surface area contributed by atoms with E-state index >= 15 is 0 Å². The molecule has 0 saturated carbocycles. The van der Waals surface area contributed by atoms with Crippen LogP contribution in [0.5, 0.6) is 0 Å². The molecule has 7 nitrogen and oxygen atoms in total. The monoisotopic (exact) mass is 379 g/mol. The van der Waals surface area contributed by atoms with Gasteiger partial charge in [-0.3, -0.25) is 9.59 Å². The van der Waals surface area contributed by atoms with Crippen LogP contribution in [0.25, 0.3) is 0 Å². The molecule has 0 saturated heterocycles.